The lowest BCUT2D eigenvalue weighted by Gasteiger charge is -2.26. The number of aromatic nitrogens is 1. The molecule has 2 aliphatic rings. The molecule has 1 amide bonds. The molecule has 2 atom stereocenters. The Morgan fingerprint density at radius 2 is 1.79 bits per heavy atom. The lowest BCUT2D eigenvalue weighted by molar-refractivity contribution is 0.0279. The number of fused-ring (bicyclic) bond motifs is 2. The van der Waals surface area contributed by atoms with Crippen molar-refractivity contribution in [1.82, 2.24) is 14.2 Å². The van der Waals surface area contributed by atoms with E-state index < -0.39 is 15.6 Å². The molecule has 2 saturated heterocycles. The topological polar surface area (TPSA) is 79.8 Å². The molecule has 7 nitrogen and oxygen atoms in total. The molecule has 0 aliphatic carbocycles. The molecule has 2 fully saturated rings. The number of carbonyl (C=O) groups is 1. The third kappa shape index (κ3) is 3.87. The lowest BCUT2D eigenvalue weighted by Crippen LogP contribution is -2.38. The number of sulfonamides is 1. The van der Waals surface area contributed by atoms with Crippen LogP contribution in [0.4, 0.5) is 4.79 Å². The first-order valence-electron chi connectivity index (χ1n) is 9.56. The van der Waals surface area contributed by atoms with Crippen LogP contribution >= 0.6 is 15.9 Å². The van der Waals surface area contributed by atoms with Gasteiger partial charge in [0.2, 0.25) is 10.0 Å². The molecule has 0 radical (unpaired) electrons. The van der Waals surface area contributed by atoms with E-state index in [-0.39, 0.29) is 22.8 Å². The summed E-state index contributed by atoms with van der Waals surface area (Å²) < 4.78 is 34.5. The number of nitrogens with zero attached hydrogens (tertiary/aromatic N) is 3. The number of hydrogen-bond acceptors (Lipinski definition) is 5. The summed E-state index contributed by atoms with van der Waals surface area (Å²) in [5.74, 6) is 0.245. The van der Waals surface area contributed by atoms with Gasteiger partial charge in [0, 0.05) is 53.8 Å². The first-order valence-corrected chi connectivity index (χ1v) is 11.8. The zero-order valence-electron chi connectivity index (χ0n) is 16.6. The molecular weight excluding hydrogens is 458 g/mol. The zero-order valence-corrected chi connectivity index (χ0v) is 19.0. The molecule has 3 heterocycles. The van der Waals surface area contributed by atoms with Crippen molar-refractivity contribution in [2.45, 2.75) is 31.3 Å². The number of rotatable bonds is 2. The van der Waals surface area contributed by atoms with Crippen molar-refractivity contribution in [1.29, 1.82) is 0 Å². The summed E-state index contributed by atoms with van der Waals surface area (Å²) in [6.45, 7) is 7.39. The Kier molecular flexibility index (Phi) is 5.11. The van der Waals surface area contributed by atoms with Gasteiger partial charge in [0.1, 0.15) is 5.60 Å². The molecule has 29 heavy (non-hydrogen) atoms. The highest BCUT2D eigenvalue weighted by Crippen LogP contribution is 2.37. The van der Waals surface area contributed by atoms with Crippen LogP contribution < -0.4 is 0 Å². The first kappa shape index (κ1) is 20.6. The van der Waals surface area contributed by atoms with E-state index >= 15 is 0 Å². The Balaban J connectivity index is 1.54. The summed E-state index contributed by atoms with van der Waals surface area (Å²) in [7, 11) is -3.66. The Bertz CT molecular complexity index is 1050. The number of amides is 1. The summed E-state index contributed by atoms with van der Waals surface area (Å²) in [5.41, 5.74) is -0.541. The van der Waals surface area contributed by atoms with Gasteiger partial charge in [-0.05, 0) is 54.6 Å². The van der Waals surface area contributed by atoms with Crippen molar-refractivity contribution in [3.63, 3.8) is 0 Å². The van der Waals surface area contributed by atoms with Crippen molar-refractivity contribution >= 4 is 42.8 Å². The second-order valence-electron chi connectivity index (χ2n) is 8.70. The molecule has 9 heteroatoms. The maximum absolute atomic E-state index is 13.4. The van der Waals surface area contributed by atoms with Crippen LogP contribution in [0.25, 0.3) is 10.8 Å². The number of ether oxygens (including phenoxy) is 1. The second kappa shape index (κ2) is 7.21. The Morgan fingerprint density at radius 3 is 2.41 bits per heavy atom. The summed E-state index contributed by atoms with van der Waals surface area (Å²) >= 11 is 3.44. The van der Waals surface area contributed by atoms with Gasteiger partial charge < -0.3 is 9.64 Å². The minimum absolute atomic E-state index is 0.123. The molecule has 4 rings (SSSR count). The highest BCUT2D eigenvalue weighted by atomic mass is 79.9. The largest absolute Gasteiger partial charge is 0.444 e. The molecule has 1 aromatic heterocycles. The SMILES string of the molecule is CC(C)(C)OC(=O)N1CC2CN(S(=O)(=O)c3cccc4cncc(Br)c34)CC2C1. The van der Waals surface area contributed by atoms with Gasteiger partial charge in [-0.15, -0.1) is 0 Å². The Morgan fingerprint density at radius 1 is 1.14 bits per heavy atom. The van der Waals surface area contributed by atoms with Crippen LogP contribution in [0.15, 0.2) is 40.0 Å². The van der Waals surface area contributed by atoms with Crippen LogP contribution in [0.2, 0.25) is 0 Å². The highest BCUT2D eigenvalue weighted by Gasteiger charge is 2.46. The molecule has 2 aromatic rings. The summed E-state index contributed by atoms with van der Waals surface area (Å²) in [4.78, 5) is 18.4. The van der Waals surface area contributed by atoms with Gasteiger partial charge in [0.25, 0.3) is 0 Å². The van der Waals surface area contributed by atoms with Crippen molar-refractivity contribution in [3.8, 4) is 0 Å². The van der Waals surface area contributed by atoms with E-state index in [2.05, 4.69) is 20.9 Å². The smallest absolute Gasteiger partial charge is 0.410 e. The number of hydrogen-bond donors (Lipinski definition) is 0. The zero-order chi connectivity index (χ0) is 21.0. The lowest BCUT2D eigenvalue weighted by atomic mass is 10.0. The fraction of sp³-hybridized carbons (Fsp3) is 0.500. The second-order valence-corrected chi connectivity index (χ2v) is 11.5. The normalized spacial score (nSPS) is 22.8. The number of benzene rings is 1. The molecule has 1 aromatic carbocycles. The maximum Gasteiger partial charge on any atom is 0.410 e. The van der Waals surface area contributed by atoms with Crippen LogP contribution in [0, 0.1) is 11.8 Å². The van der Waals surface area contributed by atoms with Gasteiger partial charge in [-0.25, -0.2) is 13.2 Å². The molecule has 0 spiro atoms. The third-order valence-electron chi connectivity index (χ3n) is 5.42. The standard InChI is InChI=1S/C20H24BrN3O4S/c1-20(2,3)28-19(25)23-9-14-11-24(12-15(14)10-23)29(26,27)17-6-4-5-13-7-22-8-16(21)18(13)17/h4-8,14-15H,9-12H2,1-3H3. The predicted octanol–water partition coefficient (Wildman–Crippen LogP) is 3.48. The molecular formula is C20H24BrN3O4S. The molecule has 156 valence electrons. The van der Waals surface area contributed by atoms with Gasteiger partial charge in [-0.1, -0.05) is 12.1 Å². The fourth-order valence-electron chi connectivity index (χ4n) is 4.13. The van der Waals surface area contributed by atoms with E-state index in [1.165, 1.54) is 0 Å². The van der Waals surface area contributed by atoms with Gasteiger partial charge in [-0.3, -0.25) is 4.98 Å². The van der Waals surface area contributed by atoms with Crippen molar-refractivity contribution in [3.05, 3.63) is 35.1 Å². The summed E-state index contributed by atoms with van der Waals surface area (Å²) in [6.07, 6.45) is 2.95. The van der Waals surface area contributed by atoms with Crippen LogP contribution in [0.5, 0.6) is 0 Å². The van der Waals surface area contributed by atoms with E-state index in [9.17, 15) is 13.2 Å². The fourth-order valence-corrected chi connectivity index (χ4v) is 6.62. The number of halogens is 1. The molecule has 0 bridgehead atoms. The van der Waals surface area contributed by atoms with Crippen LogP contribution in [0.1, 0.15) is 20.8 Å². The molecule has 0 saturated carbocycles. The van der Waals surface area contributed by atoms with E-state index in [0.29, 0.717) is 36.0 Å². The van der Waals surface area contributed by atoms with Crippen LogP contribution in [-0.4, -0.2) is 60.5 Å². The van der Waals surface area contributed by atoms with Crippen LogP contribution in [0.3, 0.4) is 0 Å². The van der Waals surface area contributed by atoms with Gasteiger partial charge in [0.05, 0.1) is 4.90 Å². The number of carbonyl (C=O) groups excluding carboxylic acids is 1. The molecule has 2 aliphatic heterocycles. The van der Waals surface area contributed by atoms with E-state index in [0.717, 1.165) is 5.39 Å². The number of pyridine rings is 1. The maximum atomic E-state index is 13.4. The predicted molar refractivity (Wildman–Crippen MR) is 113 cm³/mol. The quantitative estimate of drug-likeness (QED) is 0.655. The Hall–Kier alpha value is -1.71. The van der Waals surface area contributed by atoms with Crippen LogP contribution in [-0.2, 0) is 14.8 Å². The van der Waals surface area contributed by atoms with Gasteiger partial charge >= 0.3 is 6.09 Å². The highest BCUT2D eigenvalue weighted by molar-refractivity contribution is 9.10. The van der Waals surface area contributed by atoms with Crippen molar-refractivity contribution in [2.75, 3.05) is 26.2 Å². The van der Waals surface area contributed by atoms with E-state index in [1.807, 2.05) is 26.8 Å². The summed E-state index contributed by atoms with van der Waals surface area (Å²) in [5, 5.41) is 1.42. The van der Waals surface area contributed by atoms with Gasteiger partial charge in [0.15, 0.2) is 0 Å². The number of likely N-dealkylation sites (tertiary alicyclic amines) is 1. The first-order chi connectivity index (χ1) is 13.6. The van der Waals surface area contributed by atoms with Crippen molar-refractivity contribution in [2.24, 2.45) is 11.8 Å². The van der Waals surface area contributed by atoms with Crippen molar-refractivity contribution < 1.29 is 17.9 Å². The van der Waals surface area contributed by atoms with Gasteiger partial charge in [-0.2, -0.15) is 4.31 Å². The molecule has 2 unspecified atom stereocenters. The van der Waals surface area contributed by atoms with E-state index in [1.54, 1.807) is 33.7 Å². The Labute approximate surface area is 179 Å². The van der Waals surface area contributed by atoms with E-state index in [4.69, 9.17) is 4.74 Å². The molecule has 0 N–H and O–H groups in total. The average Bonchev–Trinajstić information content (AvgIpc) is 3.19. The monoisotopic (exact) mass is 481 g/mol. The summed E-state index contributed by atoms with van der Waals surface area (Å²) in [6, 6.07) is 5.23. The minimum Gasteiger partial charge on any atom is -0.444 e. The minimum atomic E-state index is -3.66. The average molecular weight is 482 g/mol. The third-order valence-corrected chi connectivity index (χ3v) is 7.90.